The Bertz CT molecular complexity index is 678. The molecule has 1 fully saturated rings. The zero-order valence-corrected chi connectivity index (χ0v) is 13.6. The lowest BCUT2D eigenvalue weighted by Crippen LogP contribution is -2.47. The second kappa shape index (κ2) is 7.90. The fourth-order valence-electron chi connectivity index (χ4n) is 2.51. The molecule has 24 heavy (non-hydrogen) atoms. The van der Waals surface area contributed by atoms with Crippen LogP contribution in [0.15, 0.2) is 48.5 Å². The minimum Gasteiger partial charge on any atom is -0.439 e. The van der Waals surface area contributed by atoms with Crippen molar-refractivity contribution in [1.29, 1.82) is 0 Å². The third-order valence-corrected chi connectivity index (χ3v) is 3.83. The van der Waals surface area contributed by atoms with Gasteiger partial charge in [0.2, 0.25) is 5.88 Å². The third-order valence-electron chi connectivity index (χ3n) is 3.83. The molecule has 6 heteroatoms. The summed E-state index contributed by atoms with van der Waals surface area (Å²) in [6.07, 6.45) is -0.473. The molecule has 1 unspecified atom stereocenters. The summed E-state index contributed by atoms with van der Waals surface area (Å²) in [5.41, 5.74) is 0. The predicted octanol–water partition coefficient (Wildman–Crippen LogP) is 2.53. The molecule has 0 bridgehead atoms. The number of anilines is 1. The van der Waals surface area contributed by atoms with Crippen LogP contribution in [0, 0.1) is 0 Å². The normalized spacial score (nSPS) is 18.1. The lowest BCUT2D eigenvalue weighted by molar-refractivity contribution is -0.132. The van der Waals surface area contributed by atoms with E-state index in [1.54, 1.807) is 18.2 Å². The molecular formula is C18H21N3O3. The van der Waals surface area contributed by atoms with Gasteiger partial charge in [0, 0.05) is 19.2 Å². The first-order valence-corrected chi connectivity index (χ1v) is 8.09. The van der Waals surface area contributed by atoms with Gasteiger partial charge in [-0.15, -0.1) is 0 Å². The summed E-state index contributed by atoms with van der Waals surface area (Å²) in [5, 5.41) is 2.80. The van der Waals surface area contributed by atoms with Crippen molar-refractivity contribution in [1.82, 2.24) is 9.88 Å². The average Bonchev–Trinajstić information content (AvgIpc) is 2.63. The van der Waals surface area contributed by atoms with E-state index in [-0.39, 0.29) is 5.91 Å². The van der Waals surface area contributed by atoms with Gasteiger partial charge in [-0.25, -0.2) is 0 Å². The SMILES string of the molecule is CCN1CCOC(C(=O)Nc2cccc(Oc3ccccc3)n2)C1. The van der Waals surface area contributed by atoms with Gasteiger partial charge in [0.25, 0.3) is 5.91 Å². The molecule has 1 amide bonds. The van der Waals surface area contributed by atoms with Crippen LogP contribution < -0.4 is 10.1 Å². The predicted molar refractivity (Wildman–Crippen MR) is 91.2 cm³/mol. The van der Waals surface area contributed by atoms with Crippen LogP contribution in [-0.4, -0.2) is 48.1 Å². The van der Waals surface area contributed by atoms with Crippen molar-refractivity contribution in [3.63, 3.8) is 0 Å². The number of aromatic nitrogens is 1. The molecule has 1 aromatic heterocycles. The van der Waals surface area contributed by atoms with E-state index in [0.717, 1.165) is 13.1 Å². The first kappa shape index (κ1) is 16.4. The molecule has 126 valence electrons. The van der Waals surface area contributed by atoms with E-state index in [1.807, 2.05) is 30.3 Å². The van der Waals surface area contributed by atoms with Crippen LogP contribution in [0.2, 0.25) is 0 Å². The van der Waals surface area contributed by atoms with Crippen molar-refractivity contribution in [2.45, 2.75) is 13.0 Å². The van der Waals surface area contributed by atoms with Crippen LogP contribution in [0.4, 0.5) is 5.82 Å². The van der Waals surface area contributed by atoms with Crippen LogP contribution in [-0.2, 0) is 9.53 Å². The molecule has 1 saturated heterocycles. The number of benzene rings is 1. The summed E-state index contributed by atoms with van der Waals surface area (Å²) < 4.78 is 11.2. The number of nitrogens with zero attached hydrogens (tertiary/aromatic N) is 2. The van der Waals surface area contributed by atoms with Gasteiger partial charge in [-0.3, -0.25) is 9.69 Å². The van der Waals surface area contributed by atoms with E-state index in [9.17, 15) is 4.79 Å². The van der Waals surface area contributed by atoms with Gasteiger partial charge >= 0.3 is 0 Å². The maximum Gasteiger partial charge on any atom is 0.255 e. The number of carbonyl (C=O) groups is 1. The smallest absolute Gasteiger partial charge is 0.255 e. The number of hydrogen-bond donors (Lipinski definition) is 1. The lowest BCUT2D eigenvalue weighted by Gasteiger charge is -2.31. The minimum atomic E-state index is -0.473. The molecule has 3 rings (SSSR count). The van der Waals surface area contributed by atoms with Gasteiger partial charge in [0.05, 0.1) is 6.61 Å². The number of amides is 1. The van der Waals surface area contributed by atoms with Crippen LogP contribution in [0.3, 0.4) is 0 Å². The van der Waals surface area contributed by atoms with E-state index in [4.69, 9.17) is 9.47 Å². The molecule has 2 aromatic rings. The number of rotatable bonds is 5. The first-order valence-electron chi connectivity index (χ1n) is 8.09. The van der Waals surface area contributed by atoms with E-state index in [2.05, 4.69) is 22.1 Å². The molecule has 0 radical (unpaired) electrons. The van der Waals surface area contributed by atoms with Crippen LogP contribution >= 0.6 is 0 Å². The fourth-order valence-corrected chi connectivity index (χ4v) is 2.51. The maximum atomic E-state index is 12.4. The summed E-state index contributed by atoms with van der Waals surface area (Å²) in [6, 6.07) is 14.7. The Kier molecular flexibility index (Phi) is 5.40. The zero-order valence-electron chi connectivity index (χ0n) is 13.6. The topological polar surface area (TPSA) is 63.7 Å². The highest BCUT2D eigenvalue weighted by atomic mass is 16.5. The van der Waals surface area contributed by atoms with Crippen molar-refractivity contribution in [2.75, 3.05) is 31.6 Å². The Hall–Kier alpha value is -2.44. The number of likely N-dealkylation sites (N-methyl/N-ethyl adjacent to an activating group) is 1. The number of morpholine rings is 1. The highest BCUT2D eigenvalue weighted by Crippen LogP contribution is 2.20. The largest absolute Gasteiger partial charge is 0.439 e. The second-order valence-corrected chi connectivity index (χ2v) is 5.52. The van der Waals surface area contributed by atoms with E-state index in [1.165, 1.54) is 0 Å². The fraction of sp³-hybridized carbons (Fsp3) is 0.333. The van der Waals surface area contributed by atoms with Gasteiger partial charge < -0.3 is 14.8 Å². The standard InChI is InChI=1S/C18H21N3O3/c1-2-21-11-12-23-15(13-21)18(22)20-16-9-6-10-17(19-16)24-14-7-4-3-5-8-14/h3-10,15H,2,11-13H2,1H3,(H,19,20,22). The molecule has 0 aliphatic carbocycles. The molecule has 1 atom stereocenters. The lowest BCUT2D eigenvalue weighted by atomic mass is 10.2. The molecule has 1 N–H and O–H groups in total. The van der Waals surface area contributed by atoms with Gasteiger partial charge in [-0.05, 0) is 24.7 Å². The maximum absolute atomic E-state index is 12.4. The van der Waals surface area contributed by atoms with Crippen molar-refractivity contribution in [3.8, 4) is 11.6 Å². The third kappa shape index (κ3) is 4.31. The van der Waals surface area contributed by atoms with Crippen molar-refractivity contribution >= 4 is 11.7 Å². The van der Waals surface area contributed by atoms with Crippen LogP contribution in [0.25, 0.3) is 0 Å². The quantitative estimate of drug-likeness (QED) is 0.914. The molecule has 0 spiro atoms. The second-order valence-electron chi connectivity index (χ2n) is 5.52. The Morgan fingerprint density at radius 3 is 2.92 bits per heavy atom. The molecule has 0 saturated carbocycles. The Labute approximate surface area is 141 Å². The number of para-hydroxylation sites is 1. The molecule has 6 nitrogen and oxygen atoms in total. The molecule has 1 aromatic carbocycles. The van der Waals surface area contributed by atoms with E-state index < -0.39 is 6.10 Å². The van der Waals surface area contributed by atoms with E-state index in [0.29, 0.717) is 30.6 Å². The van der Waals surface area contributed by atoms with Gasteiger partial charge in [0.15, 0.2) is 0 Å². The number of ether oxygens (including phenoxy) is 2. The van der Waals surface area contributed by atoms with Crippen molar-refractivity contribution in [3.05, 3.63) is 48.5 Å². The van der Waals surface area contributed by atoms with Crippen LogP contribution in [0.1, 0.15) is 6.92 Å². The molecule has 1 aliphatic heterocycles. The Morgan fingerprint density at radius 2 is 2.12 bits per heavy atom. The number of nitrogens with one attached hydrogen (secondary N) is 1. The molecule has 1 aliphatic rings. The summed E-state index contributed by atoms with van der Waals surface area (Å²) in [7, 11) is 0. The number of pyridine rings is 1. The highest BCUT2D eigenvalue weighted by Gasteiger charge is 2.26. The summed E-state index contributed by atoms with van der Waals surface area (Å²) in [5.74, 6) is 1.39. The van der Waals surface area contributed by atoms with E-state index >= 15 is 0 Å². The summed E-state index contributed by atoms with van der Waals surface area (Å²) in [6.45, 7) is 5.01. The van der Waals surface area contributed by atoms with Gasteiger partial charge in [-0.2, -0.15) is 4.98 Å². The van der Waals surface area contributed by atoms with Gasteiger partial charge in [0.1, 0.15) is 17.7 Å². The number of hydrogen-bond acceptors (Lipinski definition) is 5. The molecule has 2 heterocycles. The monoisotopic (exact) mass is 327 g/mol. The Balaban J connectivity index is 1.63. The molecular weight excluding hydrogens is 306 g/mol. The highest BCUT2D eigenvalue weighted by molar-refractivity contribution is 5.93. The van der Waals surface area contributed by atoms with Crippen molar-refractivity contribution in [2.24, 2.45) is 0 Å². The summed E-state index contributed by atoms with van der Waals surface area (Å²) in [4.78, 5) is 18.9. The average molecular weight is 327 g/mol. The number of carbonyl (C=O) groups excluding carboxylic acids is 1. The Morgan fingerprint density at radius 1 is 1.29 bits per heavy atom. The first-order chi connectivity index (χ1) is 11.7. The minimum absolute atomic E-state index is 0.183. The van der Waals surface area contributed by atoms with Gasteiger partial charge in [-0.1, -0.05) is 31.2 Å². The summed E-state index contributed by atoms with van der Waals surface area (Å²) >= 11 is 0. The zero-order chi connectivity index (χ0) is 16.8. The van der Waals surface area contributed by atoms with Crippen LogP contribution in [0.5, 0.6) is 11.6 Å². The van der Waals surface area contributed by atoms with Crippen molar-refractivity contribution < 1.29 is 14.3 Å².